The lowest BCUT2D eigenvalue weighted by atomic mass is 9.92. The summed E-state index contributed by atoms with van der Waals surface area (Å²) in [6.45, 7) is 11.8. The lowest BCUT2D eigenvalue weighted by Crippen LogP contribution is -2.54. The van der Waals surface area contributed by atoms with E-state index in [0.717, 1.165) is 5.56 Å². The molecule has 32 heavy (non-hydrogen) atoms. The second-order valence-electron chi connectivity index (χ2n) is 10.0. The number of carbonyl (C=O) groups is 2. The first-order valence-corrected chi connectivity index (χ1v) is 10.9. The highest BCUT2D eigenvalue weighted by molar-refractivity contribution is 5.91. The van der Waals surface area contributed by atoms with Gasteiger partial charge in [-0.05, 0) is 58.7 Å². The molecule has 6 nitrogen and oxygen atoms in total. The number of hydrogen-bond donors (Lipinski definition) is 0. The third-order valence-corrected chi connectivity index (χ3v) is 4.91. The summed E-state index contributed by atoms with van der Waals surface area (Å²) in [5.41, 5.74) is 0.908. The summed E-state index contributed by atoms with van der Waals surface area (Å²) >= 11 is 0. The van der Waals surface area contributed by atoms with Crippen LogP contribution in [0.3, 0.4) is 0 Å². The number of amides is 1. The fourth-order valence-corrected chi connectivity index (χ4v) is 3.51. The van der Waals surface area contributed by atoms with E-state index in [2.05, 4.69) is 0 Å². The Kier molecular flexibility index (Phi) is 6.94. The maximum atomic E-state index is 13.1. The molecule has 2 aromatic carbocycles. The van der Waals surface area contributed by atoms with Gasteiger partial charge in [-0.2, -0.15) is 0 Å². The molecule has 6 heteroatoms. The van der Waals surface area contributed by atoms with Crippen LogP contribution in [0.4, 0.5) is 4.79 Å². The van der Waals surface area contributed by atoms with Gasteiger partial charge in [-0.3, -0.25) is 4.90 Å². The van der Waals surface area contributed by atoms with Crippen molar-refractivity contribution in [1.82, 2.24) is 4.90 Å². The Morgan fingerprint density at radius 2 is 1.50 bits per heavy atom. The van der Waals surface area contributed by atoms with Crippen molar-refractivity contribution in [3.63, 3.8) is 0 Å². The van der Waals surface area contributed by atoms with Crippen LogP contribution in [-0.2, 0) is 20.8 Å². The molecule has 1 saturated heterocycles. The van der Waals surface area contributed by atoms with Crippen molar-refractivity contribution in [1.29, 1.82) is 0 Å². The molecule has 3 rings (SSSR count). The van der Waals surface area contributed by atoms with E-state index >= 15 is 0 Å². The number of benzene rings is 2. The molecule has 2 aromatic rings. The minimum absolute atomic E-state index is 0.270. The maximum absolute atomic E-state index is 13.1. The number of ether oxygens (including phenoxy) is 3. The van der Waals surface area contributed by atoms with Gasteiger partial charge in [0, 0.05) is 6.54 Å². The van der Waals surface area contributed by atoms with Crippen molar-refractivity contribution >= 4 is 12.1 Å². The minimum atomic E-state index is -0.624. The summed E-state index contributed by atoms with van der Waals surface area (Å²) < 4.78 is 17.2. The molecule has 0 spiro atoms. The molecule has 0 saturated carbocycles. The van der Waals surface area contributed by atoms with Crippen molar-refractivity contribution in [3.8, 4) is 0 Å². The van der Waals surface area contributed by atoms with Gasteiger partial charge >= 0.3 is 12.1 Å². The molecular formula is C26H33NO5. The number of carbonyl (C=O) groups excluding carboxylic acids is 2. The van der Waals surface area contributed by atoms with E-state index in [1.54, 1.807) is 17.0 Å². The van der Waals surface area contributed by atoms with Gasteiger partial charge in [-0.1, -0.05) is 48.5 Å². The molecule has 1 aliphatic heterocycles. The van der Waals surface area contributed by atoms with Crippen LogP contribution in [0, 0.1) is 0 Å². The van der Waals surface area contributed by atoms with Crippen molar-refractivity contribution in [2.45, 2.75) is 71.4 Å². The highest BCUT2D eigenvalue weighted by Gasteiger charge is 2.43. The molecular weight excluding hydrogens is 406 g/mol. The summed E-state index contributed by atoms with van der Waals surface area (Å²) in [4.78, 5) is 27.7. The highest BCUT2D eigenvalue weighted by Crippen LogP contribution is 2.37. The van der Waals surface area contributed by atoms with Crippen molar-refractivity contribution < 1.29 is 23.8 Å². The average Bonchev–Trinajstić information content (AvgIpc) is 2.65. The Morgan fingerprint density at radius 1 is 0.906 bits per heavy atom. The predicted molar refractivity (Wildman–Crippen MR) is 122 cm³/mol. The van der Waals surface area contributed by atoms with E-state index < -0.39 is 29.4 Å². The first-order chi connectivity index (χ1) is 14.9. The average molecular weight is 440 g/mol. The molecule has 0 unspecified atom stereocenters. The summed E-state index contributed by atoms with van der Waals surface area (Å²) in [5, 5.41) is 0. The van der Waals surface area contributed by atoms with Crippen molar-refractivity contribution in [3.05, 3.63) is 71.3 Å². The molecule has 1 amide bonds. The zero-order chi connectivity index (χ0) is 23.5. The lowest BCUT2D eigenvalue weighted by molar-refractivity contribution is -0.137. The molecule has 1 fully saturated rings. The highest BCUT2D eigenvalue weighted by atomic mass is 16.6. The Balaban J connectivity index is 1.90. The van der Waals surface area contributed by atoms with E-state index in [1.165, 1.54) is 0 Å². The summed E-state index contributed by atoms with van der Waals surface area (Å²) in [5.74, 6) is -0.408. The number of rotatable bonds is 5. The van der Waals surface area contributed by atoms with Crippen LogP contribution < -0.4 is 0 Å². The first-order valence-electron chi connectivity index (χ1n) is 10.9. The van der Waals surface area contributed by atoms with E-state index in [9.17, 15) is 9.59 Å². The van der Waals surface area contributed by atoms with Crippen LogP contribution in [0.15, 0.2) is 54.6 Å². The minimum Gasteiger partial charge on any atom is -0.456 e. The van der Waals surface area contributed by atoms with Crippen LogP contribution in [0.2, 0.25) is 0 Å². The van der Waals surface area contributed by atoms with E-state index in [4.69, 9.17) is 14.2 Å². The van der Waals surface area contributed by atoms with Gasteiger partial charge in [0.15, 0.2) is 0 Å². The fraction of sp³-hybridized carbons (Fsp3) is 0.462. The van der Waals surface area contributed by atoms with Crippen molar-refractivity contribution in [2.75, 3.05) is 6.61 Å². The molecule has 0 aliphatic carbocycles. The normalized spacial score (nSPS) is 18.4. The second-order valence-corrected chi connectivity index (χ2v) is 10.0. The Bertz CT molecular complexity index is 943. The van der Waals surface area contributed by atoms with Gasteiger partial charge in [0.05, 0.1) is 18.2 Å². The summed E-state index contributed by atoms with van der Waals surface area (Å²) in [7, 11) is 0. The van der Waals surface area contributed by atoms with E-state index in [1.807, 2.05) is 84.0 Å². The van der Waals surface area contributed by atoms with Gasteiger partial charge < -0.3 is 14.2 Å². The molecule has 1 aliphatic rings. The standard InChI is InChI=1S/C26H33NO5/c1-25(2,3)31-23(28)20-15-11-10-14-19(20)22-21(17-30-22)27(24(29)32-26(4,5)6)16-18-12-8-7-9-13-18/h7-15,21-22H,16-17H2,1-6H3/t21-,22-/m1/s1. The van der Waals surface area contributed by atoms with Gasteiger partial charge in [-0.15, -0.1) is 0 Å². The molecule has 172 valence electrons. The smallest absolute Gasteiger partial charge is 0.411 e. The molecule has 0 N–H and O–H groups in total. The molecule has 1 heterocycles. The topological polar surface area (TPSA) is 65.1 Å². The van der Waals surface area contributed by atoms with Crippen LogP contribution in [0.25, 0.3) is 0 Å². The van der Waals surface area contributed by atoms with Crippen molar-refractivity contribution in [2.24, 2.45) is 0 Å². The first kappa shape index (κ1) is 23.8. The Labute approximate surface area is 190 Å². The van der Waals surface area contributed by atoms with Crippen LogP contribution in [0.1, 0.15) is 69.1 Å². The summed E-state index contributed by atoms with van der Waals surface area (Å²) in [6.07, 6.45) is -0.857. The Morgan fingerprint density at radius 3 is 2.06 bits per heavy atom. The third kappa shape index (κ3) is 6.10. The predicted octanol–water partition coefficient (Wildman–Crippen LogP) is 5.52. The SMILES string of the molecule is CC(C)(C)OC(=O)c1ccccc1[C@H]1OC[C@H]1N(Cc1ccccc1)C(=O)OC(C)(C)C. The van der Waals surface area contributed by atoms with Gasteiger partial charge in [-0.25, -0.2) is 9.59 Å². The largest absolute Gasteiger partial charge is 0.456 e. The van der Waals surface area contributed by atoms with Crippen LogP contribution >= 0.6 is 0 Å². The van der Waals surface area contributed by atoms with Crippen LogP contribution in [-0.4, -0.2) is 40.8 Å². The molecule has 0 bridgehead atoms. The molecule has 0 radical (unpaired) electrons. The molecule has 2 atom stereocenters. The van der Waals surface area contributed by atoms with E-state index in [0.29, 0.717) is 24.3 Å². The van der Waals surface area contributed by atoms with Gasteiger partial charge in [0.2, 0.25) is 0 Å². The van der Waals surface area contributed by atoms with Gasteiger partial charge in [0.25, 0.3) is 0 Å². The Hall–Kier alpha value is -2.86. The fourth-order valence-electron chi connectivity index (χ4n) is 3.51. The second kappa shape index (κ2) is 9.33. The number of esters is 1. The maximum Gasteiger partial charge on any atom is 0.411 e. The zero-order valence-corrected chi connectivity index (χ0v) is 19.8. The monoisotopic (exact) mass is 439 g/mol. The number of hydrogen-bond acceptors (Lipinski definition) is 5. The summed E-state index contributed by atoms with van der Waals surface area (Å²) in [6, 6.07) is 16.7. The zero-order valence-electron chi connectivity index (χ0n) is 19.8. The lowest BCUT2D eigenvalue weighted by Gasteiger charge is -2.44. The van der Waals surface area contributed by atoms with E-state index in [-0.39, 0.29) is 6.04 Å². The van der Waals surface area contributed by atoms with Crippen LogP contribution in [0.5, 0.6) is 0 Å². The quantitative estimate of drug-likeness (QED) is 0.574. The number of nitrogens with zero attached hydrogens (tertiary/aromatic N) is 1. The van der Waals surface area contributed by atoms with Gasteiger partial charge in [0.1, 0.15) is 17.3 Å². The third-order valence-electron chi connectivity index (χ3n) is 4.91. The molecule has 0 aromatic heterocycles.